The number of hydrogen-bond acceptors (Lipinski definition) is 2. The fourth-order valence-corrected chi connectivity index (χ4v) is 2.48. The van der Waals surface area contributed by atoms with E-state index >= 15 is 0 Å². The number of aromatic hydroxyl groups is 1. The molecule has 1 heterocycles. The summed E-state index contributed by atoms with van der Waals surface area (Å²) in [7, 11) is 0. The number of phenols is 1. The van der Waals surface area contributed by atoms with Gasteiger partial charge in [-0.1, -0.05) is 30.1 Å². The van der Waals surface area contributed by atoms with Gasteiger partial charge >= 0.3 is 0 Å². The van der Waals surface area contributed by atoms with Crippen LogP contribution >= 0.6 is 23.2 Å². The Morgan fingerprint density at radius 3 is 2.73 bits per heavy atom. The van der Waals surface area contributed by atoms with Gasteiger partial charge in [-0.05, 0) is 31.0 Å². The van der Waals surface area contributed by atoms with Gasteiger partial charge in [0.2, 0.25) is 0 Å². The van der Waals surface area contributed by atoms with E-state index in [9.17, 15) is 5.11 Å². The van der Waals surface area contributed by atoms with E-state index in [0.29, 0.717) is 16.0 Å². The van der Waals surface area contributed by atoms with E-state index in [1.807, 2.05) is 0 Å². The van der Waals surface area contributed by atoms with E-state index < -0.39 is 0 Å². The Kier molecular flexibility index (Phi) is 3.10. The number of hydrogen-bond donors (Lipinski definition) is 2. The average molecular weight is 246 g/mol. The van der Waals surface area contributed by atoms with Crippen molar-refractivity contribution in [2.45, 2.75) is 19.4 Å². The molecule has 4 heteroatoms. The molecule has 0 spiro atoms. The third-order valence-corrected chi connectivity index (χ3v) is 3.63. The molecule has 1 aromatic rings. The molecule has 1 saturated heterocycles. The van der Waals surface area contributed by atoms with Crippen LogP contribution in [0.5, 0.6) is 5.75 Å². The van der Waals surface area contributed by atoms with Crippen molar-refractivity contribution in [2.24, 2.45) is 5.92 Å². The summed E-state index contributed by atoms with van der Waals surface area (Å²) in [6.45, 7) is 3.12. The summed E-state index contributed by atoms with van der Waals surface area (Å²) in [4.78, 5) is 0. The summed E-state index contributed by atoms with van der Waals surface area (Å²) in [6.07, 6.45) is 0.980. The van der Waals surface area contributed by atoms with Crippen molar-refractivity contribution < 1.29 is 5.11 Å². The molecule has 2 atom stereocenters. The predicted octanol–water partition coefficient (Wildman–Crippen LogP) is 3.37. The van der Waals surface area contributed by atoms with Gasteiger partial charge in [-0.2, -0.15) is 0 Å². The molecule has 15 heavy (non-hydrogen) atoms. The Morgan fingerprint density at radius 2 is 2.13 bits per heavy atom. The highest BCUT2D eigenvalue weighted by molar-refractivity contribution is 6.42. The summed E-state index contributed by atoms with van der Waals surface area (Å²) in [6, 6.07) is 3.32. The standard InChI is InChI=1S/C11H13Cl2NO/c1-6-4-8(14-5-6)10-9(15)3-2-7(12)11(10)13/h2-3,6,8,14-15H,4-5H2,1H3/t6-,8?/m1/s1. The Balaban J connectivity index is 2.39. The van der Waals surface area contributed by atoms with Gasteiger partial charge in [0.05, 0.1) is 10.0 Å². The lowest BCUT2D eigenvalue weighted by molar-refractivity contribution is 0.456. The summed E-state index contributed by atoms with van der Waals surface area (Å²) in [5, 5.41) is 14.1. The smallest absolute Gasteiger partial charge is 0.121 e. The Labute approximate surface area is 99.2 Å². The second-order valence-corrected chi connectivity index (χ2v) is 4.88. The van der Waals surface area contributed by atoms with Crippen LogP contribution in [0.3, 0.4) is 0 Å². The van der Waals surface area contributed by atoms with Gasteiger partial charge in [-0.25, -0.2) is 0 Å². The fraction of sp³-hybridized carbons (Fsp3) is 0.455. The van der Waals surface area contributed by atoms with Crippen LogP contribution in [0.25, 0.3) is 0 Å². The van der Waals surface area contributed by atoms with E-state index in [4.69, 9.17) is 23.2 Å². The summed E-state index contributed by atoms with van der Waals surface area (Å²) in [5.41, 5.74) is 0.730. The minimum absolute atomic E-state index is 0.117. The lowest BCUT2D eigenvalue weighted by Gasteiger charge is -2.15. The van der Waals surface area contributed by atoms with Crippen LogP contribution in [0.4, 0.5) is 0 Å². The molecular weight excluding hydrogens is 233 g/mol. The van der Waals surface area contributed by atoms with Gasteiger partial charge in [-0.15, -0.1) is 0 Å². The van der Waals surface area contributed by atoms with Crippen LogP contribution in [-0.2, 0) is 0 Å². The molecule has 0 bridgehead atoms. The molecule has 82 valence electrons. The first-order chi connectivity index (χ1) is 7.09. The highest BCUT2D eigenvalue weighted by Crippen LogP contribution is 2.40. The van der Waals surface area contributed by atoms with Gasteiger partial charge in [0.15, 0.2) is 0 Å². The van der Waals surface area contributed by atoms with Crippen molar-refractivity contribution in [2.75, 3.05) is 6.54 Å². The van der Waals surface area contributed by atoms with E-state index in [1.54, 1.807) is 12.1 Å². The molecular formula is C11H13Cl2NO. The molecule has 1 aromatic carbocycles. The molecule has 1 aliphatic heterocycles. The van der Waals surface area contributed by atoms with Crippen LogP contribution in [0, 0.1) is 5.92 Å². The quantitative estimate of drug-likeness (QED) is 0.796. The van der Waals surface area contributed by atoms with Gasteiger partial charge < -0.3 is 10.4 Å². The van der Waals surface area contributed by atoms with Crippen molar-refractivity contribution in [3.8, 4) is 5.75 Å². The number of rotatable bonds is 1. The third kappa shape index (κ3) is 2.07. The minimum atomic E-state index is 0.117. The summed E-state index contributed by atoms with van der Waals surface area (Å²) >= 11 is 12.0. The second-order valence-electron chi connectivity index (χ2n) is 4.10. The SMILES string of the molecule is C[C@H]1CNC(c2c(O)ccc(Cl)c2Cl)C1. The van der Waals surface area contributed by atoms with E-state index in [2.05, 4.69) is 12.2 Å². The maximum atomic E-state index is 9.78. The number of halogens is 2. The molecule has 1 unspecified atom stereocenters. The number of phenolic OH excluding ortho intramolecular Hbond substituents is 1. The zero-order valence-corrected chi connectivity index (χ0v) is 9.94. The van der Waals surface area contributed by atoms with Crippen molar-refractivity contribution in [1.29, 1.82) is 0 Å². The third-order valence-electron chi connectivity index (χ3n) is 2.81. The first kappa shape index (κ1) is 11.1. The second kappa shape index (κ2) is 4.20. The summed E-state index contributed by atoms with van der Waals surface area (Å²) < 4.78 is 0. The fourth-order valence-electron chi connectivity index (χ4n) is 2.02. The van der Waals surface area contributed by atoms with Crippen molar-refractivity contribution >= 4 is 23.2 Å². The molecule has 2 rings (SSSR count). The monoisotopic (exact) mass is 245 g/mol. The van der Waals surface area contributed by atoms with Gasteiger partial charge in [-0.3, -0.25) is 0 Å². The van der Waals surface area contributed by atoms with Crippen LogP contribution in [0.1, 0.15) is 24.9 Å². The number of benzene rings is 1. The Morgan fingerprint density at radius 1 is 1.40 bits per heavy atom. The lowest BCUT2D eigenvalue weighted by Crippen LogP contribution is -2.14. The van der Waals surface area contributed by atoms with Gasteiger partial charge in [0.1, 0.15) is 5.75 Å². The van der Waals surface area contributed by atoms with Gasteiger partial charge in [0.25, 0.3) is 0 Å². The van der Waals surface area contributed by atoms with Crippen LogP contribution in [0.15, 0.2) is 12.1 Å². The molecule has 0 saturated carbocycles. The largest absolute Gasteiger partial charge is 0.508 e. The van der Waals surface area contributed by atoms with Crippen molar-refractivity contribution in [3.05, 3.63) is 27.7 Å². The molecule has 0 radical (unpaired) electrons. The first-order valence-corrected chi connectivity index (χ1v) is 5.75. The molecule has 2 nitrogen and oxygen atoms in total. The normalized spacial score (nSPS) is 25.8. The van der Waals surface area contributed by atoms with E-state index in [0.717, 1.165) is 18.5 Å². The van der Waals surface area contributed by atoms with E-state index in [-0.39, 0.29) is 11.8 Å². The number of nitrogens with one attached hydrogen (secondary N) is 1. The highest BCUT2D eigenvalue weighted by Gasteiger charge is 2.27. The Hall–Kier alpha value is -0.440. The molecule has 1 aliphatic rings. The highest BCUT2D eigenvalue weighted by atomic mass is 35.5. The minimum Gasteiger partial charge on any atom is -0.508 e. The van der Waals surface area contributed by atoms with E-state index in [1.165, 1.54) is 0 Å². The van der Waals surface area contributed by atoms with Crippen LogP contribution in [-0.4, -0.2) is 11.7 Å². The molecule has 1 fully saturated rings. The zero-order valence-electron chi connectivity index (χ0n) is 8.43. The molecule has 0 amide bonds. The van der Waals surface area contributed by atoms with Crippen LogP contribution in [0.2, 0.25) is 10.0 Å². The maximum Gasteiger partial charge on any atom is 0.121 e. The molecule has 0 aliphatic carbocycles. The first-order valence-electron chi connectivity index (χ1n) is 5.00. The van der Waals surface area contributed by atoms with Gasteiger partial charge in [0, 0.05) is 11.6 Å². The molecule has 2 N–H and O–H groups in total. The molecule has 0 aromatic heterocycles. The maximum absolute atomic E-state index is 9.78. The topological polar surface area (TPSA) is 32.3 Å². The van der Waals surface area contributed by atoms with Crippen molar-refractivity contribution in [1.82, 2.24) is 5.32 Å². The average Bonchev–Trinajstić information content (AvgIpc) is 2.59. The van der Waals surface area contributed by atoms with Crippen molar-refractivity contribution in [3.63, 3.8) is 0 Å². The predicted molar refractivity (Wildman–Crippen MR) is 62.7 cm³/mol. The lowest BCUT2D eigenvalue weighted by atomic mass is 10.0. The van der Waals surface area contributed by atoms with Crippen LogP contribution < -0.4 is 5.32 Å². The zero-order chi connectivity index (χ0) is 11.0. The summed E-state index contributed by atoms with van der Waals surface area (Å²) in [5.74, 6) is 0.820. The Bertz CT molecular complexity index is 381.